The zero-order chi connectivity index (χ0) is 24.5. The number of nitrogens with one attached hydrogen (secondary N) is 1. The molecule has 4 rings (SSSR count). The molecule has 4 atom stereocenters. The van der Waals surface area contributed by atoms with Gasteiger partial charge in [-0.1, -0.05) is 0 Å². The average Bonchev–Trinajstić information content (AvgIpc) is 3.34. The van der Waals surface area contributed by atoms with Gasteiger partial charge in [0.05, 0.1) is 12.9 Å². The second-order valence-electron chi connectivity index (χ2n) is 9.90. The molecule has 0 saturated carbocycles. The van der Waals surface area contributed by atoms with Crippen molar-refractivity contribution in [3.63, 3.8) is 0 Å². The lowest BCUT2D eigenvalue weighted by molar-refractivity contribution is -0.0511. The van der Waals surface area contributed by atoms with Gasteiger partial charge < -0.3 is 35.0 Å². The van der Waals surface area contributed by atoms with Gasteiger partial charge in [-0.05, 0) is 46.0 Å². The molecule has 2 saturated heterocycles. The largest absolute Gasteiger partial charge is 0.444 e. The van der Waals surface area contributed by atoms with E-state index < -0.39 is 36.7 Å². The van der Waals surface area contributed by atoms with Crippen LogP contribution in [-0.2, 0) is 9.47 Å². The number of rotatable bonds is 6. The SMILES string of the molecule is CC(C)(C)OC(=O)N1CCC(CCNc2ncnc3c2ncn3[C@@H]2O[C@H](CO)[C@@H](O)[C@H]2O)CC1. The number of piperidine rings is 1. The van der Waals surface area contributed by atoms with E-state index >= 15 is 0 Å². The number of anilines is 1. The van der Waals surface area contributed by atoms with E-state index in [0.717, 1.165) is 19.3 Å². The smallest absolute Gasteiger partial charge is 0.410 e. The predicted molar refractivity (Wildman–Crippen MR) is 122 cm³/mol. The summed E-state index contributed by atoms with van der Waals surface area (Å²) >= 11 is 0. The number of ether oxygens (including phenoxy) is 2. The van der Waals surface area contributed by atoms with Crippen LogP contribution in [0.3, 0.4) is 0 Å². The van der Waals surface area contributed by atoms with Crippen molar-refractivity contribution in [3.05, 3.63) is 12.7 Å². The van der Waals surface area contributed by atoms with Crippen LogP contribution in [0.25, 0.3) is 11.2 Å². The maximum Gasteiger partial charge on any atom is 0.410 e. The molecule has 2 aromatic heterocycles. The van der Waals surface area contributed by atoms with E-state index in [4.69, 9.17) is 9.47 Å². The van der Waals surface area contributed by atoms with Crippen molar-refractivity contribution in [2.75, 3.05) is 31.6 Å². The van der Waals surface area contributed by atoms with Gasteiger partial charge in [-0.2, -0.15) is 0 Å². The molecule has 2 aliphatic rings. The number of likely N-dealkylation sites (tertiary alicyclic amines) is 1. The molecule has 4 heterocycles. The highest BCUT2D eigenvalue weighted by atomic mass is 16.6. The van der Waals surface area contributed by atoms with Crippen LogP contribution in [-0.4, -0.2) is 96.0 Å². The van der Waals surface area contributed by atoms with Gasteiger partial charge >= 0.3 is 6.09 Å². The Bertz CT molecular complexity index is 986. The highest BCUT2D eigenvalue weighted by Crippen LogP contribution is 2.32. The van der Waals surface area contributed by atoms with Crippen molar-refractivity contribution >= 4 is 23.1 Å². The minimum atomic E-state index is -1.22. The van der Waals surface area contributed by atoms with E-state index in [2.05, 4.69) is 20.3 Å². The fourth-order valence-corrected chi connectivity index (χ4v) is 4.40. The quantitative estimate of drug-likeness (QED) is 0.470. The summed E-state index contributed by atoms with van der Waals surface area (Å²) in [5, 5.41) is 33.0. The van der Waals surface area contributed by atoms with E-state index in [1.165, 1.54) is 17.2 Å². The molecule has 34 heavy (non-hydrogen) atoms. The molecule has 0 spiro atoms. The predicted octanol–water partition coefficient (Wildman–Crippen LogP) is 0.887. The molecule has 2 aliphatic heterocycles. The van der Waals surface area contributed by atoms with Gasteiger partial charge in [-0.25, -0.2) is 19.7 Å². The van der Waals surface area contributed by atoms with Crippen LogP contribution in [0.15, 0.2) is 12.7 Å². The molecule has 0 aromatic carbocycles. The second kappa shape index (κ2) is 9.98. The molecular formula is C22H34N6O6. The molecular weight excluding hydrogens is 444 g/mol. The minimum absolute atomic E-state index is 0.253. The first-order chi connectivity index (χ1) is 16.2. The van der Waals surface area contributed by atoms with Crippen molar-refractivity contribution in [2.45, 2.75) is 70.2 Å². The molecule has 4 N–H and O–H groups in total. The van der Waals surface area contributed by atoms with Crippen LogP contribution >= 0.6 is 0 Å². The van der Waals surface area contributed by atoms with Crippen molar-refractivity contribution in [3.8, 4) is 0 Å². The highest BCUT2D eigenvalue weighted by Gasteiger charge is 2.44. The third-order valence-corrected chi connectivity index (χ3v) is 6.26. The van der Waals surface area contributed by atoms with Crippen molar-refractivity contribution in [2.24, 2.45) is 5.92 Å². The van der Waals surface area contributed by atoms with E-state index in [0.29, 0.717) is 42.5 Å². The zero-order valence-corrected chi connectivity index (χ0v) is 19.8. The standard InChI is InChI=1S/C22H34N6O6/c1-22(2,3)34-21(32)27-8-5-13(6-9-27)4-7-23-18-15-19(25-11-24-18)28(12-26-15)20-17(31)16(30)14(10-29)33-20/h11-14,16-17,20,29-31H,4-10H2,1-3H3,(H,23,24,25)/t14-,16-,17-,20-/m1/s1. The Morgan fingerprint density at radius 2 is 1.94 bits per heavy atom. The van der Waals surface area contributed by atoms with Crippen LogP contribution in [0.2, 0.25) is 0 Å². The normalized spacial score (nSPS) is 26.2. The summed E-state index contributed by atoms with van der Waals surface area (Å²) in [6, 6.07) is 0. The van der Waals surface area contributed by atoms with Crippen LogP contribution in [0, 0.1) is 5.92 Å². The first-order valence-electron chi connectivity index (χ1n) is 11.7. The molecule has 188 valence electrons. The van der Waals surface area contributed by atoms with Crippen molar-refractivity contribution in [1.29, 1.82) is 0 Å². The van der Waals surface area contributed by atoms with E-state index in [1.54, 1.807) is 4.90 Å². The Morgan fingerprint density at radius 1 is 1.21 bits per heavy atom. The number of aliphatic hydroxyl groups is 3. The first kappa shape index (κ1) is 24.6. The molecule has 2 fully saturated rings. The summed E-state index contributed by atoms with van der Waals surface area (Å²) in [5.74, 6) is 1.06. The molecule has 1 amide bonds. The third-order valence-electron chi connectivity index (χ3n) is 6.26. The summed E-state index contributed by atoms with van der Waals surface area (Å²) in [6.07, 6.45) is 1.19. The lowest BCUT2D eigenvalue weighted by Gasteiger charge is -2.33. The summed E-state index contributed by atoms with van der Waals surface area (Å²) in [4.78, 5) is 27.0. The summed E-state index contributed by atoms with van der Waals surface area (Å²) < 4.78 is 12.6. The number of carbonyl (C=O) groups excluding carboxylic acids is 1. The summed E-state index contributed by atoms with van der Waals surface area (Å²) in [6.45, 7) is 7.26. The number of amides is 1. The first-order valence-corrected chi connectivity index (χ1v) is 11.7. The molecule has 0 unspecified atom stereocenters. The number of imidazole rings is 1. The Balaban J connectivity index is 1.32. The van der Waals surface area contributed by atoms with Crippen LogP contribution in [0.5, 0.6) is 0 Å². The Morgan fingerprint density at radius 3 is 2.59 bits per heavy atom. The monoisotopic (exact) mass is 478 g/mol. The highest BCUT2D eigenvalue weighted by molar-refractivity contribution is 5.82. The number of aromatic nitrogens is 4. The Labute approximate surface area is 197 Å². The van der Waals surface area contributed by atoms with Gasteiger partial charge in [0.25, 0.3) is 0 Å². The third kappa shape index (κ3) is 5.24. The zero-order valence-electron chi connectivity index (χ0n) is 19.8. The molecule has 0 aliphatic carbocycles. The van der Waals surface area contributed by atoms with Gasteiger partial charge in [0.2, 0.25) is 0 Å². The number of carbonyl (C=O) groups is 1. The maximum atomic E-state index is 12.2. The van der Waals surface area contributed by atoms with Crippen molar-refractivity contribution in [1.82, 2.24) is 24.4 Å². The van der Waals surface area contributed by atoms with E-state index in [-0.39, 0.29) is 6.09 Å². The van der Waals surface area contributed by atoms with Crippen LogP contribution in [0.1, 0.15) is 46.3 Å². The van der Waals surface area contributed by atoms with Gasteiger partial charge in [-0.15, -0.1) is 0 Å². The number of fused-ring (bicyclic) bond motifs is 1. The second-order valence-corrected chi connectivity index (χ2v) is 9.90. The number of hydrogen-bond donors (Lipinski definition) is 4. The Kier molecular flexibility index (Phi) is 7.22. The number of hydrogen-bond acceptors (Lipinski definition) is 10. The number of aliphatic hydroxyl groups excluding tert-OH is 3. The molecule has 0 bridgehead atoms. The van der Waals surface area contributed by atoms with Gasteiger partial charge in [0.15, 0.2) is 23.2 Å². The molecule has 0 radical (unpaired) electrons. The molecule has 12 heteroatoms. The van der Waals surface area contributed by atoms with Gasteiger partial charge in [0.1, 0.15) is 30.2 Å². The molecule has 12 nitrogen and oxygen atoms in total. The van der Waals surface area contributed by atoms with Gasteiger partial charge in [0, 0.05) is 19.6 Å². The topological polar surface area (TPSA) is 155 Å². The number of nitrogens with zero attached hydrogens (tertiary/aromatic N) is 5. The minimum Gasteiger partial charge on any atom is -0.444 e. The van der Waals surface area contributed by atoms with Crippen LogP contribution < -0.4 is 5.32 Å². The summed E-state index contributed by atoms with van der Waals surface area (Å²) in [7, 11) is 0. The van der Waals surface area contributed by atoms with Gasteiger partial charge in [-0.3, -0.25) is 4.57 Å². The Hall–Kier alpha value is -2.54. The summed E-state index contributed by atoms with van der Waals surface area (Å²) in [5.41, 5.74) is 0.494. The lowest BCUT2D eigenvalue weighted by atomic mass is 9.94. The average molecular weight is 479 g/mol. The van der Waals surface area contributed by atoms with Crippen molar-refractivity contribution < 1.29 is 29.6 Å². The fourth-order valence-electron chi connectivity index (χ4n) is 4.40. The van der Waals surface area contributed by atoms with E-state index in [9.17, 15) is 20.1 Å². The fraction of sp³-hybridized carbons (Fsp3) is 0.727. The van der Waals surface area contributed by atoms with Crippen LogP contribution in [0.4, 0.5) is 10.6 Å². The van der Waals surface area contributed by atoms with E-state index in [1.807, 2.05) is 20.8 Å². The maximum absolute atomic E-state index is 12.2. The molecule has 2 aromatic rings. The lowest BCUT2D eigenvalue weighted by Crippen LogP contribution is -2.41.